The number of nitrogens with zero attached hydrogens (tertiary/aromatic N) is 3. The van der Waals surface area contributed by atoms with Crippen molar-refractivity contribution in [2.45, 2.75) is 53.9 Å². The number of hydrogen-bond acceptors (Lipinski definition) is 3. The van der Waals surface area contributed by atoms with Crippen molar-refractivity contribution in [3.63, 3.8) is 0 Å². The SMILES string of the molecule is C=C1CCC(C)(C)CC(C)(C)CN1c1nc(-c2cccc(C)c2)nc2ccccc12. The van der Waals surface area contributed by atoms with Gasteiger partial charge in [0.2, 0.25) is 0 Å². The summed E-state index contributed by atoms with van der Waals surface area (Å²) in [4.78, 5) is 12.4. The number of rotatable bonds is 2. The first-order chi connectivity index (χ1) is 14.1. The van der Waals surface area contributed by atoms with Crippen LogP contribution in [-0.4, -0.2) is 16.5 Å². The summed E-state index contributed by atoms with van der Waals surface area (Å²) in [6.07, 6.45) is 3.30. The number of benzene rings is 2. The second-order valence-corrected chi connectivity index (χ2v) is 10.4. The van der Waals surface area contributed by atoms with Crippen LogP contribution in [-0.2, 0) is 0 Å². The summed E-state index contributed by atoms with van der Waals surface area (Å²) >= 11 is 0. The largest absolute Gasteiger partial charge is 0.330 e. The Bertz CT molecular complexity index is 1090. The average Bonchev–Trinajstić information content (AvgIpc) is 2.68. The van der Waals surface area contributed by atoms with E-state index in [1.807, 2.05) is 6.07 Å². The molecule has 1 saturated heterocycles. The highest BCUT2D eigenvalue weighted by Crippen LogP contribution is 2.43. The molecule has 0 atom stereocenters. The molecular formula is C27H33N3. The summed E-state index contributed by atoms with van der Waals surface area (Å²) in [5, 5.41) is 1.09. The van der Waals surface area contributed by atoms with Gasteiger partial charge in [-0.15, -0.1) is 0 Å². The highest BCUT2D eigenvalue weighted by atomic mass is 15.2. The van der Waals surface area contributed by atoms with E-state index in [1.165, 1.54) is 12.0 Å². The monoisotopic (exact) mass is 399 g/mol. The lowest BCUT2D eigenvalue weighted by atomic mass is 9.71. The maximum Gasteiger partial charge on any atom is 0.162 e. The van der Waals surface area contributed by atoms with Crippen LogP contribution in [0.25, 0.3) is 22.3 Å². The zero-order valence-electron chi connectivity index (χ0n) is 19.0. The molecule has 3 aromatic rings. The summed E-state index contributed by atoms with van der Waals surface area (Å²) in [6, 6.07) is 16.8. The minimum absolute atomic E-state index is 0.155. The van der Waals surface area contributed by atoms with Gasteiger partial charge in [-0.25, -0.2) is 9.97 Å². The molecule has 0 radical (unpaired) electrons. The summed E-state index contributed by atoms with van der Waals surface area (Å²) in [5.41, 5.74) is 4.87. The zero-order chi connectivity index (χ0) is 21.5. The fourth-order valence-corrected chi connectivity index (χ4v) is 5.00. The van der Waals surface area contributed by atoms with E-state index in [0.717, 1.165) is 53.2 Å². The molecule has 0 N–H and O–H groups in total. The molecule has 1 aromatic heterocycles. The van der Waals surface area contributed by atoms with Gasteiger partial charge < -0.3 is 4.90 Å². The third-order valence-electron chi connectivity index (χ3n) is 6.13. The Morgan fingerprint density at radius 2 is 1.70 bits per heavy atom. The summed E-state index contributed by atoms with van der Waals surface area (Å²) in [5.74, 6) is 1.76. The Balaban J connectivity index is 1.87. The number of aromatic nitrogens is 2. The highest BCUT2D eigenvalue weighted by Gasteiger charge is 2.34. The van der Waals surface area contributed by atoms with Crippen molar-refractivity contribution in [1.29, 1.82) is 0 Å². The van der Waals surface area contributed by atoms with E-state index in [2.05, 4.69) is 88.6 Å². The average molecular weight is 400 g/mol. The molecule has 0 spiro atoms. The maximum atomic E-state index is 5.11. The fraction of sp³-hybridized carbons (Fsp3) is 0.407. The molecule has 2 heterocycles. The molecule has 0 aliphatic carbocycles. The lowest BCUT2D eigenvalue weighted by Crippen LogP contribution is -2.39. The Kier molecular flexibility index (Phi) is 5.17. The van der Waals surface area contributed by atoms with Gasteiger partial charge in [0.05, 0.1) is 5.52 Å². The molecule has 0 amide bonds. The van der Waals surface area contributed by atoms with Gasteiger partial charge in [-0.2, -0.15) is 0 Å². The van der Waals surface area contributed by atoms with E-state index in [-0.39, 0.29) is 5.41 Å². The molecule has 0 unspecified atom stereocenters. The normalized spacial score (nSPS) is 18.8. The van der Waals surface area contributed by atoms with Crippen molar-refractivity contribution < 1.29 is 0 Å². The van der Waals surface area contributed by atoms with Crippen molar-refractivity contribution in [3.8, 4) is 11.4 Å². The van der Waals surface area contributed by atoms with Gasteiger partial charge in [-0.05, 0) is 55.2 Å². The number of fused-ring (bicyclic) bond motifs is 1. The molecular weight excluding hydrogens is 366 g/mol. The second kappa shape index (κ2) is 7.54. The van der Waals surface area contributed by atoms with Gasteiger partial charge in [0.25, 0.3) is 0 Å². The lowest BCUT2D eigenvalue weighted by Gasteiger charge is -2.43. The van der Waals surface area contributed by atoms with Crippen LogP contribution in [0.15, 0.2) is 60.8 Å². The first kappa shape index (κ1) is 20.6. The van der Waals surface area contributed by atoms with E-state index in [9.17, 15) is 0 Å². The number of para-hydroxylation sites is 1. The number of allylic oxidation sites excluding steroid dienone is 1. The van der Waals surface area contributed by atoms with Crippen LogP contribution >= 0.6 is 0 Å². The molecule has 0 bridgehead atoms. The maximum absolute atomic E-state index is 5.11. The van der Waals surface area contributed by atoms with E-state index in [0.29, 0.717) is 5.41 Å². The van der Waals surface area contributed by atoms with Crippen LogP contribution in [0.1, 0.15) is 52.5 Å². The van der Waals surface area contributed by atoms with Gasteiger partial charge in [0.15, 0.2) is 5.82 Å². The summed E-state index contributed by atoms with van der Waals surface area (Å²) < 4.78 is 0. The first-order valence-corrected chi connectivity index (χ1v) is 10.9. The van der Waals surface area contributed by atoms with Crippen LogP contribution < -0.4 is 4.90 Å². The third-order valence-corrected chi connectivity index (χ3v) is 6.13. The van der Waals surface area contributed by atoms with Gasteiger partial charge in [-0.3, -0.25) is 0 Å². The first-order valence-electron chi connectivity index (χ1n) is 10.9. The molecule has 0 saturated carbocycles. The van der Waals surface area contributed by atoms with Gasteiger partial charge in [0, 0.05) is 23.2 Å². The quantitative estimate of drug-likeness (QED) is 0.458. The van der Waals surface area contributed by atoms with Gasteiger partial charge in [0.1, 0.15) is 5.82 Å². The Labute approximate surface area is 180 Å². The van der Waals surface area contributed by atoms with Crippen LogP contribution in [0.4, 0.5) is 5.82 Å². The molecule has 156 valence electrons. The zero-order valence-corrected chi connectivity index (χ0v) is 19.0. The minimum atomic E-state index is 0.155. The molecule has 1 fully saturated rings. The molecule has 1 aliphatic rings. The van der Waals surface area contributed by atoms with Crippen LogP contribution in [0.2, 0.25) is 0 Å². The van der Waals surface area contributed by atoms with Crippen molar-refractivity contribution in [3.05, 3.63) is 66.4 Å². The Morgan fingerprint density at radius 1 is 0.933 bits per heavy atom. The molecule has 3 heteroatoms. The Morgan fingerprint density at radius 3 is 2.47 bits per heavy atom. The van der Waals surface area contributed by atoms with Crippen LogP contribution in [0.5, 0.6) is 0 Å². The topological polar surface area (TPSA) is 29.0 Å². The molecule has 4 rings (SSSR count). The number of anilines is 1. The smallest absolute Gasteiger partial charge is 0.162 e. The van der Waals surface area contributed by atoms with Gasteiger partial charge >= 0.3 is 0 Å². The van der Waals surface area contributed by atoms with Crippen molar-refractivity contribution in [1.82, 2.24) is 9.97 Å². The molecule has 2 aromatic carbocycles. The van der Waals surface area contributed by atoms with E-state index >= 15 is 0 Å². The van der Waals surface area contributed by atoms with Crippen LogP contribution in [0.3, 0.4) is 0 Å². The predicted octanol–water partition coefficient (Wildman–Crippen LogP) is 7.16. The van der Waals surface area contributed by atoms with Crippen molar-refractivity contribution >= 4 is 16.7 Å². The lowest BCUT2D eigenvalue weighted by molar-refractivity contribution is 0.177. The number of aryl methyl sites for hydroxylation is 1. The van der Waals surface area contributed by atoms with Crippen LogP contribution in [0, 0.1) is 17.8 Å². The standard InChI is InChI=1S/C27H33N3/c1-19-10-9-11-21(16-19)24-28-23-13-8-7-12-22(23)25(29-24)30-18-27(5,6)17-26(3,4)15-14-20(30)2/h7-13,16H,2,14-15,17-18H2,1,3-6H3. The van der Waals surface area contributed by atoms with Crippen molar-refractivity contribution in [2.75, 3.05) is 11.4 Å². The van der Waals surface area contributed by atoms with E-state index in [4.69, 9.17) is 9.97 Å². The Hall–Kier alpha value is -2.68. The summed E-state index contributed by atoms with van der Waals surface area (Å²) in [6.45, 7) is 17.0. The second-order valence-electron chi connectivity index (χ2n) is 10.4. The van der Waals surface area contributed by atoms with Gasteiger partial charge in [-0.1, -0.05) is 70.2 Å². The third kappa shape index (κ3) is 4.26. The number of hydrogen-bond donors (Lipinski definition) is 0. The molecule has 3 nitrogen and oxygen atoms in total. The fourth-order valence-electron chi connectivity index (χ4n) is 5.00. The highest BCUT2D eigenvalue weighted by molar-refractivity contribution is 5.91. The van der Waals surface area contributed by atoms with E-state index in [1.54, 1.807) is 0 Å². The molecule has 30 heavy (non-hydrogen) atoms. The predicted molar refractivity (Wildman–Crippen MR) is 128 cm³/mol. The van der Waals surface area contributed by atoms with E-state index < -0.39 is 0 Å². The summed E-state index contributed by atoms with van der Waals surface area (Å²) in [7, 11) is 0. The van der Waals surface area contributed by atoms with Crippen molar-refractivity contribution in [2.24, 2.45) is 10.8 Å². The molecule has 1 aliphatic heterocycles. The minimum Gasteiger partial charge on any atom is -0.330 e.